The largest absolute Gasteiger partial charge is 0.371 e. The zero-order valence-electron chi connectivity index (χ0n) is 12.5. The molecule has 1 fully saturated rings. The van der Waals surface area contributed by atoms with Gasteiger partial charge in [-0.3, -0.25) is 0 Å². The average molecular weight is 280 g/mol. The van der Waals surface area contributed by atoms with Crippen LogP contribution < -0.4 is 5.32 Å². The van der Waals surface area contributed by atoms with Gasteiger partial charge in [0.1, 0.15) is 5.82 Å². The van der Waals surface area contributed by atoms with Crippen LogP contribution in [0, 0.1) is 0 Å². The van der Waals surface area contributed by atoms with E-state index in [4.69, 9.17) is 0 Å². The molecule has 3 heteroatoms. The normalized spacial score (nSPS) is 27.7. The van der Waals surface area contributed by atoms with E-state index in [9.17, 15) is 0 Å². The predicted octanol–water partition coefficient (Wildman–Crippen LogP) is 4.81. The Balaban J connectivity index is 2.12. The summed E-state index contributed by atoms with van der Waals surface area (Å²) in [5, 5.41) is 8.10. The first-order valence-corrected chi connectivity index (χ1v) is 8.76. The summed E-state index contributed by atoms with van der Waals surface area (Å²) in [4.78, 5) is 2.50. The van der Waals surface area contributed by atoms with E-state index in [1.807, 2.05) is 0 Å². The zero-order chi connectivity index (χ0) is 13.6. The van der Waals surface area contributed by atoms with Crippen LogP contribution in [0.3, 0.4) is 0 Å². The number of nitrogens with one attached hydrogen (secondary N) is 1. The molecule has 1 unspecified atom stereocenters. The molecule has 2 rings (SSSR count). The van der Waals surface area contributed by atoms with Crippen molar-refractivity contribution in [2.75, 3.05) is 6.54 Å². The van der Waals surface area contributed by atoms with Crippen molar-refractivity contribution in [2.45, 2.75) is 70.8 Å². The van der Waals surface area contributed by atoms with E-state index in [0.29, 0.717) is 0 Å². The Kier molecular flexibility index (Phi) is 5.68. The lowest BCUT2D eigenvalue weighted by atomic mass is 9.87. The Bertz CT molecular complexity index is 338. The first-order chi connectivity index (χ1) is 9.26. The van der Waals surface area contributed by atoms with Gasteiger partial charge in [-0.1, -0.05) is 39.0 Å². The van der Waals surface area contributed by atoms with Crippen molar-refractivity contribution in [1.29, 1.82) is 0 Å². The summed E-state index contributed by atoms with van der Waals surface area (Å²) in [7, 11) is 0. The van der Waals surface area contributed by atoms with Crippen LogP contribution in [0.4, 0.5) is 0 Å². The van der Waals surface area contributed by atoms with Crippen molar-refractivity contribution in [3.05, 3.63) is 22.8 Å². The van der Waals surface area contributed by atoms with Gasteiger partial charge in [-0.2, -0.15) is 0 Å². The minimum absolute atomic E-state index is 0.288. The van der Waals surface area contributed by atoms with E-state index in [1.54, 1.807) is 11.8 Å². The number of hydrogen-bond acceptors (Lipinski definition) is 3. The maximum absolute atomic E-state index is 3.62. The van der Waals surface area contributed by atoms with Crippen LogP contribution in [0.1, 0.15) is 65.2 Å². The Labute approximate surface area is 122 Å². The van der Waals surface area contributed by atoms with Crippen molar-refractivity contribution in [3.63, 3.8) is 0 Å². The average Bonchev–Trinajstić information content (AvgIpc) is 2.50. The molecular weight excluding hydrogens is 252 g/mol. The molecule has 19 heavy (non-hydrogen) atoms. The lowest BCUT2D eigenvalue weighted by Gasteiger charge is -2.43. The molecule has 2 nitrogen and oxygen atoms in total. The minimum atomic E-state index is 0.288. The van der Waals surface area contributed by atoms with Gasteiger partial charge in [0.25, 0.3) is 0 Å². The van der Waals surface area contributed by atoms with Crippen LogP contribution in [0.15, 0.2) is 22.8 Å². The molecule has 1 saturated heterocycles. The second-order valence-corrected chi connectivity index (χ2v) is 6.77. The summed E-state index contributed by atoms with van der Waals surface area (Å²) in [5.74, 6) is 1.31. The molecule has 0 aromatic rings. The second-order valence-electron chi connectivity index (χ2n) is 5.99. The molecule has 0 saturated carbocycles. The third-order valence-corrected chi connectivity index (χ3v) is 4.96. The van der Waals surface area contributed by atoms with Crippen molar-refractivity contribution < 1.29 is 0 Å². The molecule has 2 aliphatic rings. The molecular formula is C16H28N2S. The fourth-order valence-electron chi connectivity index (χ4n) is 3.08. The Morgan fingerprint density at radius 3 is 3.05 bits per heavy atom. The molecule has 2 aliphatic heterocycles. The second kappa shape index (κ2) is 7.28. The SMILES string of the molecule is CCCCCC1(C)CCCCCNC2=CSC=CN21. The number of nitrogens with zero attached hydrogens (tertiary/aromatic N) is 1. The maximum Gasteiger partial charge on any atom is 0.113 e. The lowest BCUT2D eigenvalue weighted by Crippen LogP contribution is -2.45. The van der Waals surface area contributed by atoms with Gasteiger partial charge in [-0.15, -0.1) is 11.8 Å². The summed E-state index contributed by atoms with van der Waals surface area (Å²) < 4.78 is 0. The van der Waals surface area contributed by atoms with Gasteiger partial charge in [0, 0.05) is 23.7 Å². The van der Waals surface area contributed by atoms with E-state index in [-0.39, 0.29) is 5.54 Å². The van der Waals surface area contributed by atoms with Gasteiger partial charge in [0.2, 0.25) is 0 Å². The highest BCUT2D eigenvalue weighted by atomic mass is 32.2. The number of unbranched alkanes of at least 4 members (excludes halogenated alkanes) is 2. The fourth-order valence-corrected chi connectivity index (χ4v) is 3.68. The van der Waals surface area contributed by atoms with Gasteiger partial charge in [0.05, 0.1) is 0 Å². The quantitative estimate of drug-likeness (QED) is 0.744. The van der Waals surface area contributed by atoms with Gasteiger partial charge in [-0.25, -0.2) is 0 Å². The summed E-state index contributed by atoms with van der Waals surface area (Å²) >= 11 is 1.79. The van der Waals surface area contributed by atoms with E-state index in [2.05, 4.69) is 41.1 Å². The number of hydrogen-bond donors (Lipinski definition) is 1. The van der Waals surface area contributed by atoms with E-state index in [0.717, 1.165) is 6.54 Å². The maximum atomic E-state index is 3.62. The molecule has 0 amide bonds. The highest BCUT2D eigenvalue weighted by Gasteiger charge is 2.32. The summed E-state index contributed by atoms with van der Waals surface area (Å²) in [6.07, 6.45) is 12.9. The topological polar surface area (TPSA) is 15.3 Å². The molecule has 0 aromatic heterocycles. The molecule has 108 valence electrons. The van der Waals surface area contributed by atoms with Crippen LogP contribution in [-0.2, 0) is 0 Å². The fraction of sp³-hybridized carbons (Fsp3) is 0.750. The number of thioether (sulfide) groups is 1. The molecule has 0 spiro atoms. The van der Waals surface area contributed by atoms with Crippen LogP contribution in [-0.4, -0.2) is 17.0 Å². The number of fused-ring (bicyclic) bond motifs is 1. The molecule has 0 aliphatic carbocycles. The monoisotopic (exact) mass is 280 g/mol. The van der Waals surface area contributed by atoms with Crippen molar-refractivity contribution in [3.8, 4) is 0 Å². The van der Waals surface area contributed by atoms with Crippen molar-refractivity contribution in [2.24, 2.45) is 0 Å². The van der Waals surface area contributed by atoms with Crippen LogP contribution in [0.5, 0.6) is 0 Å². The summed E-state index contributed by atoms with van der Waals surface area (Å²) in [6, 6.07) is 0. The highest BCUT2D eigenvalue weighted by molar-refractivity contribution is 8.04. The first kappa shape index (κ1) is 14.8. The molecule has 0 radical (unpaired) electrons. The van der Waals surface area contributed by atoms with E-state index < -0.39 is 0 Å². The Hall–Kier alpha value is -0.570. The van der Waals surface area contributed by atoms with Gasteiger partial charge < -0.3 is 10.2 Å². The van der Waals surface area contributed by atoms with Crippen LogP contribution in [0.25, 0.3) is 0 Å². The predicted molar refractivity (Wildman–Crippen MR) is 85.7 cm³/mol. The van der Waals surface area contributed by atoms with E-state index >= 15 is 0 Å². The first-order valence-electron chi connectivity index (χ1n) is 7.82. The summed E-state index contributed by atoms with van der Waals surface area (Å²) in [5.41, 5.74) is 0.288. The van der Waals surface area contributed by atoms with Crippen LogP contribution in [0.2, 0.25) is 0 Å². The van der Waals surface area contributed by atoms with Crippen LogP contribution >= 0.6 is 11.8 Å². The van der Waals surface area contributed by atoms with E-state index in [1.165, 1.54) is 57.2 Å². The van der Waals surface area contributed by atoms with Crippen molar-refractivity contribution in [1.82, 2.24) is 10.2 Å². The standard InChI is InChI=1S/C16H28N2S/c1-3-4-6-9-16(2)10-7-5-8-11-17-15-14-19-13-12-18(15)16/h12-14,17H,3-11H2,1-2H3. The molecule has 1 N–H and O–H groups in total. The smallest absolute Gasteiger partial charge is 0.113 e. The summed E-state index contributed by atoms with van der Waals surface area (Å²) in [6.45, 7) is 5.85. The highest BCUT2D eigenvalue weighted by Crippen LogP contribution is 2.35. The molecule has 1 atom stereocenters. The Morgan fingerprint density at radius 2 is 2.21 bits per heavy atom. The third kappa shape index (κ3) is 3.95. The number of rotatable bonds is 4. The van der Waals surface area contributed by atoms with Gasteiger partial charge in [-0.05, 0) is 31.6 Å². The van der Waals surface area contributed by atoms with Gasteiger partial charge in [0.15, 0.2) is 0 Å². The molecule has 0 bridgehead atoms. The minimum Gasteiger partial charge on any atom is -0.371 e. The third-order valence-electron chi connectivity index (χ3n) is 4.33. The van der Waals surface area contributed by atoms with Gasteiger partial charge >= 0.3 is 0 Å². The molecule has 0 aromatic carbocycles. The zero-order valence-corrected chi connectivity index (χ0v) is 13.3. The lowest BCUT2D eigenvalue weighted by molar-refractivity contribution is 0.165. The van der Waals surface area contributed by atoms with Crippen molar-refractivity contribution >= 4 is 11.8 Å². The molecule has 2 heterocycles. The Morgan fingerprint density at radius 1 is 1.32 bits per heavy atom.